The number of H-pyrrole nitrogens is 1. The van der Waals surface area contributed by atoms with Crippen LogP contribution < -0.4 is 15.1 Å². The number of para-hydroxylation sites is 1. The van der Waals surface area contributed by atoms with E-state index in [0.717, 1.165) is 29.8 Å². The molecule has 28 heavy (non-hydrogen) atoms. The lowest BCUT2D eigenvalue weighted by molar-refractivity contribution is -0.763. The Hall–Kier alpha value is -2.45. The van der Waals surface area contributed by atoms with Gasteiger partial charge in [0.05, 0.1) is 16.8 Å². The van der Waals surface area contributed by atoms with Crippen LogP contribution in [0.1, 0.15) is 38.4 Å². The van der Waals surface area contributed by atoms with Crippen LogP contribution >= 0.6 is 23.1 Å². The van der Waals surface area contributed by atoms with E-state index in [1.54, 1.807) is 27.8 Å². The number of rotatable bonds is 5. The monoisotopic (exact) mass is 413 g/mol. The number of nitrogens with zero attached hydrogens (tertiary/aromatic N) is 3. The maximum atomic E-state index is 13.0. The van der Waals surface area contributed by atoms with Crippen molar-refractivity contribution in [3.8, 4) is 11.3 Å². The van der Waals surface area contributed by atoms with Crippen LogP contribution in [0.2, 0.25) is 0 Å². The molecule has 1 aliphatic rings. The second-order valence-corrected chi connectivity index (χ2v) is 8.45. The number of thioether (sulfide) groups is 1. The molecule has 0 radical (unpaired) electrons. The van der Waals surface area contributed by atoms with Crippen molar-refractivity contribution in [2.45, 2.75) is 38.0 Å². The minimum absolute atomic E-state index is 0.0935. The molecule has 3 aromatic rings. The number of thiophene rings is 1. The molecule has 2 aromatic heterocycles. The van der Waals surface area contributed by atoms with E-state index in [1.165, 1.54) is 11.8 Å². The van der Waals surface area contributed by atoms with Crippen LogP contribution in [0.4, 0.5) is 5.69 Å². The number of hydrogen-bond donors (Lipinski definition) is 1. The number of carbonyl (C=O) groups excluding carboxylic acids is 1. The molecule has 144 valence electrons. The van der Waals surface area contributed by atoms with Crippen LogP contribution in [0.15, 0.2) is 51.0 Å². The number of aromatic nitrogens is 3. The van der Waals surface area contributed by atoms with Gasteiger partial charge in [0.25, 0.3) is 6.17 Å². The SMILES string of the molecule is CCCCSc1n[n+]2c(c(=O)[nH]1)-c1ccccc1N(C(C)=O)[C@@H]2c1ccsc1. The Morgan fingerprint density at radius 3 is 2.89 bits per heavy atom. The number of carbonyl (C=O) groups is 1. The summed E-state index contributed by atoms with van der Waals surface area (Å²) in [4.78, 5) is 30.3. The summed E-state index contributed by atoms with van der Waals surface area (Å²) >= 11 is 3.09. The summed E-state index contributed by atoms with van der Waals surface area (Å²) in [6.07, 6.45) is 1.65. The standard InChI is InChI=1S/C20H20N4O2S2/c1-3-4-10-28-20-21-18(26)17-15-7-5-6-8-16(15)23(13(2)25)19(24(17)22-20)14-9-11-27-12-14/h5-9,11-12,19H,3-4,10H2,1-2H3/p+1/t19-/m0/s1. The fraction of sp³-hybridized carbons (Fsp3) is 0.300. The van der Waals surface area contributed by atoms with Gasteiger partial charge in [-0.3, -0.25) is 14.6 Å². The number of benzene rings is 1. The smallest absolute Gasteiger partial charge is 0.291 e. The van der Waals surface area contributed by atoms with Gasteiger partial charge in [-0.05, 0) is 34.7 Å². The minimum atomic E-state index is -0.485. The Labute approximate surface area is 171 Å². The zero-order valence-corrected chi connectivity index (χ0v) is 17.3. The van der Waals surface area contributed by atoms with Crippen molar-refractivity contribution in [2.75, 3.05) is 10.7 Å². The topological polar surface area (TPSA) is 69.9 Å². The number of amides is 1. The number of fused-ring (bicyclic) bond motifs is 3. The second-order valence-electron chi connectivity index (χ2n) is 6.59. The molecule has 0 saturated heterocycles. The van der Waals surface area contributed by atoms with E-state index in [0.29, 0.717) is 16.4 Å². The van der Waals surface area contributed by atoms with Crippen molar-refractivity contribution < 1.29 is 9.48 Å². The molecular formula is C20H21N4O2S2+. The predicted molar refractivity (Wildman–Crippen MR) is 112 cm³/mol. The lowest BCUT2D eigenvalue weighted by atomic mass is 10.0. The van der Waals surface area contributed by atoms with E-state index >= 15 is 0 Å². The molecule has 0 bridgehead atoms. The van der Waals surface area contributed by atoms with Gasteiger partial charge < -0.3 is 0 Å². The lowest BCUT2D eigenvalue weighted by Gasteiger charge is -2.30. The van der Waals surface area contributed by atoms with Gasteiger partial charge >= 0.3 is 11.3 Å². The molecule has 0 fully saturated rings. The molecule has 3 heterocycles. The van der Waals surface area contributed by atoms with E-state index in [1.807, 2.05) is 41.1 Å². The highest BCUT2D eigenvalue weighted by atomic mass is 32.2. The average molecular weight is 414 g/mol. The summed E-state index contributed by atoms with van der Waals surface area (Å²) in [5.41, 5.74) is 2.66. The van der Waals surface area contributed by atoms with Crippen molar-refractivity contribution in [3.63, 3.8) is 0 Å². The molecule has 1 aromatic carbocycles. The van der Waals surface area contributed by atoms with Gasteiger partial charge in [0.1, 0.15) is 0 Å². The van der Waals surface area contributed by atoms with Crippen LogP contribution in [0.25, 0.3) is 11.3 Å². The molecule has 8 heteroatoms. The van der Waals surface area contributed by atoms with E-state index in [9.17, 15) is 9.59 Å². The first kappa shape index (κ1) is 18.9. The van der Waals surface area contributed by atoms with E-state index in [4.69, 9.17) is 5.10 Å². The fourth-order valence-electron chi connectivity index (χ4n) is 3.41. The van der Waals surface area contributed by atoms with Crippen LogP contribution in [-0.4, -0.2) is 21.7 Å². The van der Waals surface area contributed by atoms with E-state index in [2.05, 4.69) is 11.9 Å². The lowest BCUT2D eigenvalue weighted by Crippen LogP contribution is -2.60. The molecule has 1 aliphatic heterocycles. The number of aromatic amines is 1. The van der Waals surface area contributed by atoms with Gasteiger partial charge in [-0.1, -0.05) is 37.2 Å². The average Bonchev–Trinajstić information content (AvgIpc) is 3.21. The van der Waals surface area contributed by atoms with Crippen LogP contribution in [0, 0.1) is 0 Å². The van der Waals surface area contributed by atoms with Crippen LogP contribution in [0.3, 0.4) is 0 Å². The third-order valence-corrected chi connectivity index (χ3v) is 6.33. The molecule has 1 N–H and O–H groups in total. The van der Waals surface area contributed by atoms with Gasteiger partial charge in [0.2, 0.25) is 11.1 Å². The molecule has 0 aliphatic carbocycles. The Bertz CT molecular complexity index is 1060. The quantitative estimate of drug-likeness (QED) is 0.394. The number of anilines is 1. The van der Waals surface area contributed by atoms with Crippen molar-refractivity contribution >= 4 is 34.7 Å². The molecular weight excluding hydrogens is 392 g/mol. The summed E-state index contributed by atoms with van der Waals surface area (Å²) in [6, 6.07) is 9.47. The molecule has 4 rings (SSSR count). The Morgan fingerprint density at radius 2 is 2.18 bits per heavy atom. The van der Waals surface area contributed by atoms with Gasteiger partial charge in [0, 0.05) is 23.2 Å². The fourth-order valence-corrected chi connectivity index (χ4v) is 5.02. The predicted octanol–water partition coefficient (Wildman–Crippen LogP) is 3.59. The maximum absolute atomic E-state index is 13.0. The Balaban J connectivity index is 1.95. The Kier molecular flexibility index (Phi) is 5.32. The van der Waals surface area contributed by atoms with Gasteiger partial charge in [-0.2, -0.15) is 11.3 Å². The van der Waals surface area contributed by atoms with Crippen LogP contribution in [0.5, 0.6) is 0 Å². The van der Waals surface area contributed by atoms with Crippen molar-refractivity contribution in [3.05, 3.63) is 57.0 Å². The summed E-state index contributed by atoms with van der Waals surface area (Å²) in [5, 5.41) is 9.29. The summed E-state index contributed by atoms with van der Waals surface area (Å²) in [5.74, 6) is 0.790. The first-order valence-electron chi connectivity index (χ1n) is 9.22. The molecule has 1 amide bonds. The first-order chi connectivity index (χ1) is 13.6. The zero-order valence-electron chi connectivity index (χ0n) is 15.7. The highest BCUT2D eigenvalue weighted by Crippen LogP contribution is 2.37. The van der Waals surface area contributed by atoms with Crippen molar-refractivity contribution in [1.82, 2.24) is 10.1 Å². The van der Waals surface area contributed by atoms with Gasteiger partial charge in [0.15, 0.2) is 0 Å². The summed E-state index contributed by atoms with van der Waals surface area (Å²) in [6.45, 7) is 3.68. The third-order valence-electron chi connectivity index (χ3n) is 4.68. The highest BCUT2D eigenvalue weighted by Gasteiger charge is 2.44. The van der Waals surface area contributed by atoms with Gasteiger partial charge in [-0.25, -0.2) is 4.90 Å². The zero-order chi connectivity index (χ0) is 19.7. The normalized spacial score (nSPS) is 15.2. The van der Waals surface area contributed by atoms with E-state index in [-0.39, 0.29) is 11.5 Å². The second kappa shape index (κ2) is 7.89. The summed E-state index contributed by atoms with van der Waals surface area (Å²) < 4.78 is 1.71. The molecule has 0 spiro atoms. The Morgan fingerprint density at radius 1 is 1.36 bits per heavy atom. The first-order valence-corrected chi connectivity index (χ1v) is 11.1. The van der Waals surface area contributed by atoms with Gasteiger partial charge in [-0.15, -0.1) is 0 Å². The molecule has 6 nitrogen and oxygen atoms in total. The van der Waals surface area contributed by atoms with Crippen molar-refractivity contribution in [1.29, 1.82) is 0 Å². The summed E-state index contributed by atoms with van der Waals surface area (Å²) in [7, 11) is 0. The van der Waals surface area contributed by atoms with Crippen molar-refractivity contribution in [2.24, 2.45) is 0 Å². The number of hydrogen-bond acceptors (Lipinski definition) is 5. The third kappa shape index (κ3) is 3.27. The number of unbranched alkanes of at least 4 members (excludes halogenated alkanes) is 1. The number of nitrogens with one attached hydrogen (secondary N) is 1. The van der Waals surface area contributed by atoms with E-state index < -0.39 is 6.17 Å². The molecule has 1 atom stereocenters. The molecule has 0 unspecified atom stereocenters. The largest absolute Gasteiger partial charge is 0.325 e. The highest BCUT2D eigenvalue weighted by molar-refractivity contribution is 7.99. The van der Waals surface area contributed by atoms with Crippen LogP contribution in [-0.2, 0) is 4.79 Å². The molecule has 0 saturated carbocycles. The maximum Gasteiger partial charge on any atom is 0.325 e. The minimum Gasteiger partial charge on any atom is -0.291 e.